The number of nitrogens with one attached hydrogen (secondary N) is 1. The number of hydrogen-bond acceptors (Lipinski definition) is 2. The molecule has 0 fully saturated rings. The molecule has 0 bridgehead atoms. The maximum absolute atomic E-state index is 12.0. The molecule has 0 saturated heterocycles. The summed E-state index contributed by atoms with van der Waals surface area (Å²) in [5.41, 5.74) is -0.106. The van der Waals surface area contributed by atoms with Crippen molar-refractivity contribution in [2.24, 2.45) is 0 Å². The molecule has 0 aliphatic heterocycles. The van der Waals surface area contributed by atoms with E-state index < -0.39 is 5.82 Å². The molecule has 0 aliphatic carbocycles. The Morgan fingerprint density at radius 1 is 1.88 bits per heavy atom. The number of halogens is 1. The highest BCUT2D eigenvalue weighted by molar-refractivity contribution is 5.71. The summed E-state index contributed by atoms with van der Waals surface area (Å²) in [7, 11) is 0. The normalized spacial score (nSPS) is 9.12. The van der Waals surface area contributed by atoms with Gasteiger partial charge in [-0.05, 0) is 0 Å². The Kier molecular flexibility index (Phi) is 1.07. The fourth-order valence-electron chi connectivity index (χ4n) is 0.364. The van der Waals surface area contributed by atoms with E-state index in [1.54, 1.807) is 0 Å². The van der Waals surface area contributed by atoms with Gasteiger partial charge in [0.15, 0.2) is 12.1 Å². The van der Waals surface area contributed by atoms with Crippen molar-refractivity contribution in [3.05, 3.63) is 17.7 Å². The first-order valence-corrected chi connectivity index (χ1v) is 1.98. The zero-order chi connectivity index (χ0) is 5.98. The quantitative estimate of drug-likeness (QED) is 0.536. The summed E-state index contributed by atoms with van der Waals surface area (Å²) < 4.78 is 12.0. The second-order valence-electron chi connectivity index (χ2n) is 1.25. The van der Waals surface area contributed by atoms with Crippen LogP contribution in [-0.4, -0.2) is 16.5 Å². The number of hydrogen-bond donors (Lipinski definition) is 1. The molecule has 1 rings (SSSR count). The first-order valence-electron chi connectivity index (χ1n) is 1.98. The van der Waals surface area contributed by atoms with Crippen molar-refractivity contribution < 1.29 is 9.18 Å². The number of carbonyl (C=O) groups is 1. The van der Waals surface area contributed by atoms with Crippen molar-refractivity contribution in [3.8, 4) is 0 Å². The van der Waals surface area contributed by atoms with E-state index in [4.69, 9.17) is 0 Å². The van der Waals surface area contributed by atoms with Crippen LogP contribution in [0.1, 0.15) is 10.5 Å². The smallest absolute Gasteiger partial charge is 0.171 e. The molecule has 0 unspecified atom stereocenters. The molecule has 3 nitrogen and oxygen atoms in total. The van der Waals surface area contributed by atoms with Crippen LogP contribution >= 0.6 is 0 Å². The van der Waals surface area contributed by atoms with E-state index in [1.165, 1.54) is 0 Å². The fourth-order valence-corrected chi connectivity index (χ4v) is 0.364. The Balaban J connectivity index is 3.09. The third-order valence-electron chi connectivity index (χ3n) is 0.738. The molecular weight excluding hydrogens is 111 g/mol. The summed E-state index contributed by atoms with van der Waals surface area (Å²) in [6, 6.07) is 0. The van der Waals surface area contributed by atoms with Gasteiger partial charge >= 0.3 is 0 Å². The highest BCUT2D eigenvalue weighted by Crippen LogP contribution is 1.95. The first-order chi connectivity index (χ1) is 3.84. The largest absolute Gasteiger partial charge is 0.296 e. The Hall–Kier alpha value is -1.19. The lowest BCUT2D eigenvalue weighted by atomic mass is 10.5. The summed E-state index contributed by atoms with van der Waals surface area (Å²) in [6.45, 7) is 0. The molecule has 0 saturated carbocycles. The molecule has 42 valence electrons. The Morgan fingerprint density at radius 2 is 2.62 bits per heavy atom. The van der Waals surface area contributed by atoms with Crippen LogP contribution in [0.4, 0.5) is 4.39 Å². The highest BCUT2D eigenvalue weighted by atomic mass is 19.1. The Bertz CT molecular complexity index is 196. The van der Waals surface area contributed by atoms with Gasteiger partial charge in [-0.15, -0.1) is 0 Å². The van der Waals surface area contributed by atoms with Gasteiger partial charge in [0.2, 0.25) is 0 Å². The molecule has 1 aromatic rings. The summed E-state index contributed by atoms with van der Waals surface area (Å²) in [6.07, 6.45) is 1.33. The summed E-state index contributed by atoms with van der Waals surface area (Å²) in [4.78, 5) is 9.78. The fraction of sp³-hybridized carbons (Fsp3) is 0. The maximum atomic E-state index is 12.0. The number of aromatic amines is 1. The van der Waals surface area contributed by atoms with E-state index in [1.807, 2.05) is 0 Å². The van der Waals surface area contributed by atoms with E-state index in [-0.39, 0.29) is 5.69 Å². The van der Waals surface area contributed by atoms with Gasteiger partial charge in [-0.3, -0.25) is 9.89 Å². The zero-order valence-electron chi connectivity index (χ0n) is 3.89. The minimum absolute atomic E-state index is 0.106. The molecule has 0 aromatic carbocycles. The average molecular weight is 114 g/mol. The lowest BCUT2D eigenvalue weighted by Crippen LogP contribution is -1.81. The van der Waals surface area contributed by atoms with Gasteiger partial charge in [-0.2, -0.15) is 5.10 Å². The molecule has 8 heavy (non-hydrogen) atoms. The zero-order valence-corrected chi connectivity index (χ0v) is 3.89. The SMILES string of the molecule is O=Cc1[nH]ncc1F. The molecule has 0 atom stereocenters. The third-order valence-corrected chi connectivity index (χ3v) is 0.738. The van der Waals surface area contributed by atoms with Crippen LogP contribution < -0.4 is 0 Å². The molecule has 0 amide bonds. The third kappa shape index (κ3) is 0.598. The van der Waals surface area contributed by atoms with Crippen molar-refractivity contribution in [1.82, 2.24) is 10.2 Å². The predicted molar refractivity (Wildman–Crippen MR) is 23.9 cm³/mol. The molecule has 1 aromatic heterocycles. The van der Waals surface area contributed by atoms with Crippen molar-refractivity contribution in [3.63, 3.8) is 0 Å². The first kappa shape index (κ1) is 4.96. The number of aldehydes is 1. The van der Waals surface area contributed by atoms with Gasteiger partial charge in [0.25, 0.3) is 0 Å². The van der Waals surface area contributed by atoms with Crippen molar-refractivity contribution >= 4 is 6.29 Å². The predicted octanol–water partition coefficient (Wildman–Crippen LogP) is 0.361. The van der Waals surface area contributed by atoms with Crippen LogP contribution in [0.15, 0.2) is 6.20 Å². The number of aromatic nitrogens is 2. The van der Waals surface area contributed by atoms with Crippen LogP contribution in [0.3, 0.4) is 0 Å². The molecule has 1 N–H and O–H groups in total. The molecular formula is C4H3FN2O. The summed E-state index contributed by atoms with van der Waals surface area (Å²) in [5, 5.41) is 5.42. The van der Waals surface area contributed by atoms with E-state index in [9.17, 15) is 9.18 Å². The van der Waals surface area contributed by atoms with Gasteiger partial charge in [0.05, 0.1) is 6.20 Å². The maximum Gasteiger partial charge on any atom is 0.171 e. The average Bonchev–Trinajstić information content (AvgIpc) is 2.14. The molecule has 0 aliphatic rings. The summed E-state index contributed by atoms with van der Waals surface area (Å²) in [5.74, 6) is -0.611. The van der Waals surface area contributed by atoms with Crippen LogP contribution in [-0.2, 0) is 0 Å². The molecule has 0 radical (unpaired) electrons. The second kappa shape index (κ2) is 1.73. The van der Waals surface area contributed by atoms with Crippen LogP contribution in [0.2, 0.25) is 0 Å². The van der Waals surface area contributed by atoms with E-state index in [2.05, 4.69) is 10.2 Å². The van der Waals surface area contributed by atoms with Crippen LogP contribution in [0.25, 0.3) is 0 Å². The van der Waals surface area contributed by atoms with E-state index in [0.717, 1.165) is 6.20 Å². The lowest BCUT2D eigenvalue weighted by molar-refractivity contribution is 0.111. The van der Waals surface area contributed by atoms with E-state index >= 15 is 0 Å². The number of nitrogens with zero attached hydrogens (tertiary/aromatic N) is 1. The van der Waals surface area contributed by atoms with Gasteiger partial charge < -0.3 is 0 Å². The minimum Gasteiger partial charge on any atom is -0.296 e. The molecule has 4 heteroatoms. The minimum atomic E-state index is -0.611. The topological polar surface area (TPSA) is 45.8 Å². The van der Waals surface area contributed by atoms with Crippen LogP contribution in [0, 0.1) is 5.82 Å². The summed E-state index contributed by atoms with van der Waals surface area (Å²) >= 11 is 0. The molecule has 1 heterocycles. The number of rotatable bonds is 1. The van der Waals surface area contributed by atoms with Gasteiger partial charge in [0, 0.05) is 0 Å². The Labute approximate surface area is 44.5 Å². The number of H-pyrrole nitrogens is 1. The van der Waals surface area contributed by atoms with E-state index in [0.29, 0.717) is 6.29 Å². The van der Waals surface area contributed by atoms with Crippen molar-refractivity contribution in [2.75, 3.05) is 0 Å². The van der Waals surface area contributed by atoms with Gasteiger partial charge in [-0.1, -0.05) is 0 Å². The van der Waals surface area contributed by atoms with Crippen molar-refractivity contribution in [1.29, 1.82) is 0 Å². The monoisotopic (exact) mass is 114 g/mol. The highest BCUT2D eigenvalue weighted by Gasteiger charge is 1.98. The number of carbonyl (C=O) groups excluding carboxylic acids is 1. The standard InChI is InChI=1S/C4H3FN2O/c5-3-1-6-7-4(3)2-8/h1-2H,(H,6,7). The Morgan fingerprint density at radius 3 is 2.88 bits per heavy atom. The van der Waals surface area contributed by atoms with Crippen molar-refractivity contribution in [2.45, 2.75) is 0 Å². The van der Waals surface area contributed by atoms with Gasteiger partial charge in [-0.25, -0.2) is 4.39 Å². The molecule has 0 spiro atoms. The van der Waals surface area contributed by atoms with Gasteiger partial charge in [0.1, 0.15) is 5.69 Å². The lowest BCUT2D eigenvalue weighted by Gasteiger charge is -1.74. The van der Waals surface area contributed by atoms with Crippen LogP contribution in [0.5, 0.6) is 0 Å². The second-order valence-corrected chi connectivity index (χ2v) is 1.25.